The molecule has 3 rings (SSSR count). The topological polar surface area (TPSA) is 84.3 Å². The van der Waals surface area contributed by atoms with Crippen molar-refractivity contribution in [3.05, 3.63) is 47.9 Å². The number of pyridine rings is 1. The Kier molecular flexibility index (Phi) is 4.01. The number of carbonyl (C=O) groups excluding carboxylic acids is 1. The van der Waals surface area contributed by atoms with Gasteiger partial charge in [-0.05, 0) is 19.4 Å². The number of aryl methyl sites for hydroxylation is 1. The molecule has 0 bridgehead atoms. The van der Waals surface area contributed by atoms with E-state index in [-0.39, 0.29) is 11.9 Å². The summed E-state index contributed by atoms with van der Waals surface area (Å²) < 4.78 is 6.95. The first-order valence-electron chi connectivity index (χ1n) is 7.45. The van der Waals surface area contributed by atoms with E-state index in [1.165, 1.54) is 0 Å². The lowest BCUT2D eigenvalue weighted by Gasteiger charge is -2.13. The van der Waals surface area contributed by atoms with Gasteiger partial charge in [-0.25, -0.2) is 9.97 Å². The average Bonchev–Trinajstić information content (AvgIpc) is 3.17. The Bertz CT molecular complexity index is 836. The summed E-state index contributed by atoms with van der Waals surface area (Å²) in [6.45, 7) is 3.93. The van der Waals surface area contributed by atoms with Gasteiger partial charge in [0, 0.05) is 30.4 Å². The van der Waals surface area contributed by atoms with E-state index in [0.29, 0.717) is 17.1 Å². The number of methoxy groups -OCH3 is 1. The van der Waals surface area contributed by atoms with Gasteiger partial charge < -0.3 is 19.4 Å². The zero-order valence-corrected chi connectivity index (χ0v) is 13.3. The van der Waals surface area contributed by atoms with E-state index in [0.717, 1.165) is 17.9 Å². The number of nitrogens with one attached hydrogen (secondary N) is 2. The van der Waals surface area contributed by atoms with E-state index < -0.39 is 0 Å². The minimum Gasteiger partial charge on any atom is -0.497 e. The Balaban J connectivity index is 1.82. The third-order valence-electron chi connectivity index (χ3n) is 3.67. The molecule has 1 unspecified atom stereocenters. The molecule has 23 heavy (non-hydrogen) atoms. The molecular weight excluding hydrogens is 294 g/mol. The molecule has 1 amide bonds. The van der Waals surface area contributed by atoms with Gasteiger partial charge in [0.05, 0.1) is 13.2 Å². The van der Waals surface area contributed by atoms with Crippen molar-refractivity contribution < 1.29 is 9.53 Å². The quantitative estimate of drug-likeness (QED) is 0.756. The first-order chi connectivity index (χ1) is 11.1. The second-order valence-electron chi connectivity index (χ2n) is 5.34. The van der Waals surface area contributed by atoms with Gasteiger partial charge in [0.15, 0.2) is 0 Å². The Labute approximate surface area is 133 Å². The van der Waals surface area contributed by atoms with Crippen molar-refractivity contribution in [2.45, 2.75) is 26.3 Å². The van der Waals surface area contributed by atoms with E-state index in [2.05, 4.69) is 20.3 Å². The highest BCUT2D eigenvalue weighted by Gasteiger charge is 2.18. The van der Waals surface area contributed by atoms with Crippen LogP contribution in [0, 0.1) is 6.92 Å². The molecule has 3 heterocycles. The summed E-state index contributed by atoms with van der Waals surface area (Å²) in [5.74, 6) is 1.23. The minimum absolute atomic E-state index is 0.171. The normalized spacial score (nSPS) is 12.3. The molecule has 7 heteroatoms. The number of carbonyl (C=O) groups is 1. The van der Waals surface area contributed by atoms with Crippen LogP contribution in [0.1, 0.15) is 41.4 Å². The number of ether oxygens (including phenoxy) is 1. The van der Waals surface area contributed by atoms with Gasteiger partial charge in [-0.2, -0.15) is 0 Å². The maximum atomic E-state index is 12.5. The predicted molar refractivity (Wildman–Crippen MR) is 85.6 cm³/mol. The molecule has 0 spiro atoms. The highest BCUT2D eigenvalue weighted by atomic mass is 16.5. The molecule has 3 aromatic heterocycles. The number of rotatable bonds is 5. The van der Waals surface area contributed by atoms with Crippen molar-refractivity contribution in [1.29, 1.82) is 0 Å². The maximum absolute atomic E-state index is 12.5. The van der Waals surface area contributed by atoms with Gasteiger partial charge in [-0.3, -0.25) is 4.79 Å². The maximum Gasteiger partial charge on any atom is 0.272 e. The highest BCUT2D eigenvalue weighted by Crippen LogP contribution is 2.16. The predicted octanol–water partition coefficient (Wildman–Crippen LogP) is 2.26. The van der Waals surface area contributed by atoms with Gasteiger partial charge in [-0.1, -0.05) is 6.92 Å². The Morgan fingerprint density at radius 2 is 2.35 bits per heavy atom. The Hall–Kier alpha value is -2.83. The summed E-state index contributed by atoms with van der Waals surface area (Å²) in [6, 6.07) is 3.43. The van der Waals surface area contributed by atoms with E-state index >= 15 is 0 Å². The van der Waals surface area contributed by atoms with Crippen LogP contribution < -0.4 is 10.1 Å². The van der Waals surface area contributed by atoms with E-state index in [1.54, 1.807) is 30.0 Å². The van der Waals surface area contributed by atoms with Gasteiger partial charge >= 0.3 is 0 Å². The Morgan fingerprint density at radius 3 is 3.00 bits per heavy atom. The number of amides is 1. The fourth-order valence-electron chi connectivity index (χ4n) is 2.41. The molecule has 0 aliphatic rings. The second-order valence-corrected chi connectivity index (χ2v) is 5.34. The summed E-state index contributed by atoms with van der Waals surface area (Å²) in [6.07, 6.45) is 6.00. The SMILES string of the molecule is CCC(NC(=O)c1cn2ccc(OC)cc2n1)c1ncc(C)[nH]1. The molecule has 0 saturated carbocycles. The van der Waals surface area contributed by atoms with E-state index in [4.69, 9.17) is 4.74 Å². The molecule has 0 fully saturated rings. The molecule has 0 aliphatic heterocycles. The number of aromatic amines is 1. The summed E-state index contributed by atoms with van der Waals surface area (Å²) in [5, 5.41) is 2.96. The molecule has 3 aromatic rings. The number of imidazole rings is 2. The van der Waals surface area contributed by atoms with Crippen molar-refractivity contribution in [3.8, 4) is 5.75 Å². The lowest BCUT2D eigenvalue weighted by Crippen LogP contribution is -2.29. The van der Waals surface area contributed by atoms with Crippen molar-refractivity contribution in [2.24, 2.45) is 0 Å². The van der Waals surface area contributed by atoms with Crippen LogP contribution in [0.15, 0.2) is 30.7 Å². The van der Waals surface area contributed by atoms with Crippen LogP contribution >= 0.6 is 0 Å². The average molecular weight is 313 g/mol. The monoisotopic (exact) mass is 313 g/mol. The second kappa shape index (κ2) is 6.12. The number of H-pyrrole nitrogens is 1. The number of fused-ring (bicyclic) bond motifs is 1. The minimum atomic E-state index is -0.228. The molecule has 1 atom stereocenters. The lowest BCUT2D eigenvalue weighted by atomic mass is 10.2. The van der Waals surface area contributed by atoms with Crippen molar-refractivity contribution in [2.75, 3.05) is 7.11 Å². The molecule has 120 valence electrons. The summed E-state index contributed by atoms with van der Waals surface area (Å²) in [5.41, 5.74) is 1.99. The molecule has 0 saturated heterocycles. The molecule has 0 aromatic carbocycles. The van der Waals surface area contributed by atoms with Gasteiger partial charge in [0.2, 0.25) is 0 Å². The van der Waals surface area contributed by atoms with E-state index in [9.17, 15) is 4.79 Å². The first kappa shape index (κ1) is 15.1. The van der Waals surface area contributed by atoms with Crippen LogP contribution in [0.5, 0.6) is 5.75 Å². The molecule has 2 N–H and O–H groups in total. The number of hydrogen-bond donors (Lipinski definition) is 2. The number of aromatic nitrogens is 4. The lowest BCUT2D eigenvalue weighted by molar-refractivity contribution is 0.0929. The summed E-state index contributed by atoms with van der Waals surface area (Å²) >= 11 is 0. The largest absolute Gasteiger partial charge is 0.497 e. The fourth-order valence-corrected chi connectivity index (χ4v) is 2.41. The number of nitrogens with zero attached hydrogens (tertiary/aromatic N) is 3. The van der Waals surface area contributed by atoms with Crippen molar-refractivity contribution in [3.63, 3.8) is 0 Å². The summed E-state index contributed by atoms with van der Waals surface area (Å²) in [4.78, 5) is 24.3. The van der Waals surface area contributed by atoms with Crippen LogP contribution in [-0.4, -0.2) is 32.4 Å². The number of hydrogen-bond acceptors (Lipinski definition) is 4. The van der Waals surface area contributed by atoms with Gasteiger partial charge in [0.1, 0.15) is 22.9 Å². The van der Waals surface area contributed by atoms with Crippen LogP contribution in [0.25, 0.3) is 5.65 Å². The van der Waals surface area contributed by atoms with Crippen molar-refractivity contribution >= 4 is 11.6 Å². The zero-order valence-electron chi connectivity index (χ0n) is 13.3. The van der Waals surface area contributed by atoms with Crippen LogP contribution in [0.3, 0.4) is 0 Å². The Morgan fingerprint density at radius 1 is 1.52 bits per heavy atom. The van der Waals surface area contributed by atoms with Crippen LogP contribution in [0.4, 0.5) is 0 Å². The first-order valence-corrected chi connectivity index (χ1v) is 7.45. The third-order valence-corrected chi connectivity index (χ3v) is 3.67. The molecule has 0 radical (unpaired) electrons. The van der Waals surface area contributed by atoms with Crippen LogP contribution in [0.2, 0.25) is 0 Å². The van der Waals surface area contributed by atoms with Gasteiger partial charge in [0.25, 0.3) is 5.91 Å². The van der Waals surface area contributed by atoms with Crippen molar-refractivity contribution in [1.82, 2.24) is 24.7 Å². The smallest absolute Gasteiger partial charge is 0.272 e. The van der Waals surface area contributed by atoms with Gasteiger partial charge in [-0.15, -0.1) is 0 Å². The van der Waals surface area contributed by atoms with Crippen LogP contribution in [-0.2, 0) is 0 Å². The highest BCUT2D eigenvalue weighted by molar-refractivity contribution is 5.93. The summed E-state index contributed by atoms with van der Waals surface area (Å²) in [7, 11) is 1.60. The van der Waals surface area contributed by atoms with E-state index in [1.807, 2.05) is 26.1 Å². The molecular formula is C16H19N5O2. The third kappa shape index (κ3) is 3.03. The molecule has 0 aliphatic carbocycles. The fraction of sp³-hybridized carbons (Fsp3) is 0.312. The zero-order chi connectivity index (χ0) is 16.4. The molecule has 7 nitrogen and oxygen atoms in total. The standard InChI is InChI=1S/C16H19N5O2/c1-4-12(15-17-8-10(2)18-15)20-16(22)13-9-21-6-5-11(23-3)7-14(21)19-13/h5-9,12H,4H2,1-3H3,(H,17,18)(H,20,22).